The predicted octanol–water partition coefficient (Wildman–Crippen LogP) is 3.48. The second-order valence-corrected chi connectivity index (χ2v) is 8.91. The van der Waals surface area contributed by atoms with E-state index in [1.165, 1.54) is 5.56 Å². The van der Waals surface area contributed by atoms with Crippen LogP contribution < -0.4 is 0 Å². The zero-order chi connectivity index (χ0) is 23.8. The summed E-state index contributed by atoms with van der Waals surface area (Å²) in [6, 6.07) is 8.12. The van der Waals surface area contributed by atoms with Gasteiger partial charge in [-0.3, -0.25) is 9.69 Å². The van der Waals surface area contributed by atoms with Crippen molar-refractivity contribution in [2.75, 3.05) is 32.7 Å². The van der Waals surface area contributed by atoms with Gasteiger partial charge in [0.2, 0.25) is 23.5 Å². The maximum absolute atomic E-state index is 12.6. The first kappa shape index (κ1) is 24.1. The highest BCUT2D eigenvalue weighted by molar-refractivity contribution is 5.76. The monoisotopic (exact) mass is 466 g/mol. The lowest BCUT2D eigenvalue weighted by Gasteiger charge is -2.34. The Hall–Kier alpha value is -3.07. The highest BCUT2D eigenvalue weighted by Gasteiger charge is 2.21. The topological polar surface area (TPSA) is 101 Å². The van der Waals surface area contributed by atoms with Crippen LogP contribution in [-0.2, 0) is 24.1 Å². The minimum absolute atomic E-state index is 0.211. The molecule has 1 aliphatic heterocycles. The van der Waals surface area contributed by atoms with E-state index in [-0.39, 0.29) is 5.91 Å². The number of amides is 1. The second-order valence-electron chi connectivity index (χ2n) is 8.91. The third kappa shape index (κ3) is 6.72. The van der Waals surface area contributed by atoms with Gasteiger partial charge in [-0.15, -0.1) is 0 Å². The number of rotatable bonds is 11. The van der Waals surface area contributed by atoms with Crippen molar-refractivity contribution < 1.29 is 13.8 Å². The molecule has 1 saturated heterocycles. The van der Waals surface area contributed by atoms with Crippen molar-refractivity contribution in [2.45, 2.75) is 58.8 Å². The molecule has 0 bridgehead atoms. The van der Waals surface area contributed by atoms with Crippen molar-refractivity contribution in [3.63, 3.8) is 0 Å². The fraction of sp³-hybridized carbons (Fsp3) is 0.560. The van der Waals surface area contributed by atoms with Gasteiger partial charge in [-0.05, 0) is 32.7 Å². The highest BCUT2D eigenvalue weighted by atomic mass is 16.5. The Morgan fingerprint density at radius 1 is 0.912 bits per heavy atom. The van der Waals surface area contributed by atoms with Gasteiger partial charge in [-0.2, -0.15) is 9.97 Å². The largest absolute Gasteiger partial charge is 0.340 e. The van der Waals surface area contributed by atoms with E-state index < -0.39 is 0 Å². The summed E-state index contributed by atoms with van der Waals surface area (Å²) >= 11 is 0. The molecule has 0 radical (unpaired) electrons. The summed E-state index contributed by atoms with van der Waals surface area (Å²) in [4.78, 5) is 25.8. The van der Waals surface area contributed by atoms with Crippen LogP contribution in [0.1, 0.15) is 55.8 Å². The van der Waals surface area contributed by atoms with E-state index in [4.69, 9.17) is 9.05 Å². The standard InChI is InChI=1S/C25H34N6O3/c1-3-6-21-26-22(33-28-21)7-4-9-24(32)31-17-15-30(16-18-31)14-5-8-23-27-25(29-34-23)20-12-10-19(2)11-13-20/h10-13H,3-9,14-18H2,1-2H3. The molecule has 0 atom stereocenters. The van der Waals surface area contributed by atoms with Gasteiger partial charge in [-0.1, -0.05) is 47.1 Å². The molecule has 1 aliphatic rings. The van der Waals surface area contributed by atoms with Crippen LogP contribution >= 0.6 is 0 Å². The molecule has 34 heavy (non-hydrogen) atoms. The van der Waals surface area contributed by atoms with Crippen molar-refractivity contribution >= 4 is 5.91 Å². The minimum atomic E-state index is 0.211. The maximum atomic E-state index is 12.6. The molecule has 0 aliphatic carbocycles. The molecule has 3 aromatic rings. The number of aryl methyl sites for hydroxylation is 4. The van der Waals surface area contributed by atoms with Crippen molar-refractivity contribution in [3.8, 4) is 11.4 Å². The van der Waals surface area contributed by atoms with Crippen LogP contribution in [0.5, 0.6) is 0 Å². The molecule has 1 aromatic carbocycles. The molecular weight excluding hydrogens is 432 g/mol. The van der Waals surface area contributed by atoms with E-state index in [1.807, 2.05) is 29.2 Å². The molecule has 9 nitrogen and oxygen atoms in total. The average Bonchev–Trinajstić information content (AvgIpc) is 3.50. The number of hydrogen-bond donors (Lipinski definition) is 0. The number of nitrogens with zero attached hydrogens (tertiary/aromatic N) is 6. The third-order valence-electron chi connectivity index (χ3n) is 6.13. The Morgan fingerprint density at radius 2 is 1.62 bits per heavy atom. The number of carbonyl (C=O) groups is 1. The van der Waals surface area contributed by atoms with Crippen LogP contribution in [0.25, 0.3) is 11.4 Å². The molecule has 0 unspecified atom stereocenters. The number of aromatic nitrogens is 4. The van der Waals surface area contributed by atoms with E-state index in [9.17, 15) is 4.79 Å². The fourth-order valence-corrected chi connectivity index (χ4v) is 4.12. The third-order valence-corrected chi connectivity index (χ3v) is 6.13. The van der Waals surface area contributed by atoms with Crippen LogP contribution in [0.4, 0.5) is 0 Å². The number of carbonyl (C=O) groups excluding carboxylic acids is 1. The normalized spacial score (nSPS) is 14.6. The van der Waals surface area contributed by atoms with E-state index in [0.29, 0.717) is 30.4 Å². The van der Waals surface area contributed by atoms with E-state index in [0.717, 1.165) is 76.2 Å². The van der Waals surface area contributed by atoms with Crippen LogP contribution in [0.15, 0.2) is 33.3 Å². The van der Waals surface area contributed by atoms with Gasteiger partial charge < -0.3 is 13.9 Å². The van der Waals surface area contributed by atoms with Gasteiger partial charge in [0.15, 0.2) is 5.82 Å². The molecule has 0 N–H and O–H groups in total. The van der Waals surface area contributed by atoms with Crippen molar-refractivity contribution in [1.82, 2.24) is 30.1 Å². The van der Waals surface area contributed by atoms with Crippen molar-refractivity contribution in [3.05, 3.63) is 47.4 Å². The lowest BCUT2D eigenvalue weighted by atomic mass is 10.1. The van der Waals surface area contributed by atoms with Crippen molar-refractivity contribution in [1.29, 1.82) is 0 Å². The van der Waals surface area contributed by atoms with Gasteiger partial charge in [0.25, 0.3) is 0 Å². The lowest BCUT2D eigenvalue weighted by molar-refractivity contribution is -0.133. The Morgan fingerprint density at radius 3 is 2.38 bits per heavy atom. The molecule has 0 saturated carbocycles. The maximum Gasteiger partial charge on any atom is 0.227 e. The van der Waals surface area contributed by atoms with Crippen molar-refractivity contribution in [2.24, 2.45) is 0 Å². The Balaban J connectivity index is 1.11. The van der Waals surface area contributed by atoms with Crippen LogP contribution in [0.3, 0.4) is 0 Å². The number of hydrogen-bond acceptors (Lipinski definition) is 8. The molecule has 182 valence electrons. The molecule has 1 fully saturated rings. The average molecular weight is 467 g/mol. The fourth-order valence-electron chi connectivity index (χ4n) is 4.12. The van der Waals surface area contributed by atoms with E-state index >= 15 is 0 Å². The van der Waals surface area contributed by atoms with E-state index in [2.05, 4.69) is 39.0 Å². The zero-order valence-corrected chi connectivity index (χ0v) is 20.2. The molecular formula is C25H34N6O3. The smallest absolute Gasteiger partial charge is 0.227 e. The highest BCUT2D eigenvalue weighted by Crippen LogP contribution is 2.17. The van der Waals surface area contributed by atoms with Crippen LogP contribution in [0.2, 0.25) is 0 Å². The lowest BCUT2D eigenvalue weighted by Crippen LogP contribution is -2.48. The molecule has 3 heterocycles. The number of piperazine rings is 1. The summed E-state index contributed by atoms with van der Waals surface area (Å²) in [5, 5.41) is 8.07. The second kappa shape index (κ2) is 11.9. The number of benzene rings is 1. The molecule has 1 amide bonds. The van der Waals surface area contributed by atoms with Gasteiger partial charge >= 0.3 is 0 Å². The minimum Gasteiger partial charge on any atom is -0.340 e. The summed E-state index contributed by atoms with van der Waals surface area (Å²) in [5.74, 6) is 2.91. The zero-order valence-electron chi connectivity index (χ0n) is 20.2. The predicted molar refractivity (Wildman–Crippen MR) is 127 cm³/mol. The summed E-state index contributed by atoms with van der Waals surface area (Å²) in [6.45, 7) is 8.45. The van der Waals surface area contributed by atoms with Crippen LogP contribution in [-0.4, -0.2) is 68.7 Å². The van der Waals surface area contributed by atoms with Gasteiger partial charge in [-0.25, -0.2) is 0 Å². The van der Waals surface area contributed by atoms with Gasteiger partial charge in [0, 0.05) is 57.4 Å². The quantitative estimate of drug-likeness (QED) is 0.423. The Bertz CT molecular complexity index is 1040. The molecule has 4 rings (SSSR count). The first-order chi connectivity index (χ1) is 16.6. The summed E-state index contributed by atoms with van der Waals surface area (Å²) in [6.07, 6.45) is 5.45. The first-order valence-electron chi connectivity index (χ1n) is 12.3. The molecule has 9 heteroatoms. The Kier molecular flexibility index (Phi) is 8.41. The molecule has 0 spiro atoms. The molecule has 2 aromatic heterocycles. The van der Waals surface area contributed by atoms with Crippen LogP contribution in [0, 0.1) is 6.92 Å². The summed E-state index contributed by atoms with van der Waals surface area (Å²) in [5.41, 5.74) is 2.18. The SMILES string of the molecule is CCCc1noc(CCCC(=O)N2CCN(CCCc3nc(-c4ccc(C)cc4)no3)CC2)n1. The van der Waals surface area contributed by atoms with Gasteiger partial charge in [0.1, 0.15) is 0 Å². The summed E-state index contributed by atoms with van der Waals surface area (Å²) < 4.78 is 10.7. The first-order valence-corrected chi connectivity index (χ1v) is 12.3. The van der Waals surface area contributed by atoms with E-state index in [1.54, 1.807) is 0 Å². The summed E-state index contributed by atoms with van der Waals surface area (Å²) in [7, 11) is 0. The Labute approximate surface area is 200 Å². The van der Waals surface area contributed by atoms with Gasteiger partial charge in [0.05, 0.1) is 0 Å².